The summed E-state index contributed by atoms with van der Waals surface area (Å²) in [5.74, 6) is 6.72. The zero-order valence-corrected chi connectivity index (χ0v) is 10.7. The summed E-state index contributed by atoms with van der Waals surface area (Å²) in [7, 11) is 1.59. The SMILES string of the molecule is COc1cc(N)ccc1C#Cc1ccccc1Cl. The van der Waals surface area contributed by atoms with Crippen LogP contribution in [-0.4, -0.2) is 7.11 Å². The molecule has 0 saturated carbocycles. The minimum absolute atomic E-state index is 0.638. The zero-order chi connectivity index (χ0) is 13.0. The molecule has 0 amide bonds. The molecule has 2 nitrogen and oxygen atoms in total. The van der Waals surface area contributed by atoms with Gasteiger partial charge in [-0.2, -0.15) is 0 Å². The predicted molar refractivity (Wildman–Crippen MR) is 74.8 cm³/mol. The van der Waals surface area contributed by atoms with Crippen molar-refractivity contribution in [2.45, 2.75) is 0 Å². The Labute approximate surface area is 111 Å². The number of anilines is 1. The summed E-state index contributed by atoms with van der Waals surface area (Å²) in [6.45, 7) is 0. The van der Waals surface area contributed by atoms with Crippen molar-refractivity contribution < 1.29 is 4.74 Å². The van der Waals surface area contributed by atoms with E-state index < -0.39 is 0 Å². The first kappa shape index (κ1) is 12.3. The second kappa shape index (κ2) is 5.48. The predicted octanol–water partition coefficient (Wildman–Crippen LogP) is 3.33. The number of hydrogen-bond donors (Lipinski definition) is 1. The van der Waals surface area contributed by atoms with Gasteiger partial charge >= 0.3 is 0 Å². The third kappa shape index (κ3) is 2.77. The first-order chi connectivity index (χ1) is 8.70. The fourth-order valence-electron chi connectivity index (χ4n) is 1.51. The maximum atomic E-state index is 6.04. The highest BCUT2D eigenvalue weighted by Crippen LogP contribution is 2.21. The molecule has 0 aliphatic heterocycles. The molecule has 0 spiro atoms. The Kier molecular flexibility index (Phi) is 3.76. The lowest BCUT2D eigenvalue weighted by Gasteiger charge is -2.03. The van der Waals surface area contributed by atoms with Gasteiger partial charge in [-0.25, -0.2) is 0 Å². The van der Waals surface area contributed by atoms with E-state index >= 15 is 0 Å². The highest BCUT2D eigenvalue weighted by atomic mass is 35.5. The first-order valence-corrected chi connectivity index (χ1v) is 5.78. The monoisotopic (exact) mass is 257 g/mol. The normalized spacial score (nSPS) is 9.44. The van der Waals surface area contributed by atoms with E-state index in [4.69, 9.17) is 22.1 Å². The van der Waals surface area contributed by atoms with Gasteiger partial charge in [0.1, 0.15) is 5.75 Å². The zero-order valence-electron chi connectivity index (χ0n) is 9.91. The Morgan fingerprint density at radius 1 is 1.06 bits per heavy atom. The third-order valence-corrected chi connectivity index (χ3v) is 2.76. The van der Waals surface area contributed by atoms with Crippen LogP contribution in [0, 0.1) is 11.8 Å². The molecule has 3 heteroatoms. The summed E-state index contributed by atoms with van der Waals surface area (Å²) in [5, 5.41) is 0.638. The Morgan fingerprint density at radius 3 is 2.50 bits per heavy atom. The topological polar surface area (TPSA) is 35.2 Å². The largest absolute Gasteiger partial charge is 0.495 e. The van der Waals surface area contributed by atoms with Crippen molar-refractivity contribution in [1.29, 1.82) is 0 Å². The van der Waals surface area contributed by atoms with Crippen molar-refractivity contribution in [3.8, 4) is 17.6 Å². The molecule has 2 N–H and O–H groups in total. The molecule has 0 bridgehead atoms. The van der Waals surface area contributed by atoms with Crippen LogP contribution < -0.4 is 10.5 Å². The van der Waals surface area contributed by atoms with E-state index in [-0.39, 0.29) is 0 Å². The van der Waals surface area contributed by atoms with Crippen molar-refractivity contribution in [3.05, 3.63) is 58.6 Å². The van der Waals surface area contributed by atoms with E-state index in [9.17, 15) is 0 Å². The smallest absolute Gasteiger partial charge is 0.136 e. The molecule has 18 heavy (non-hydrogen) atoms. The minimum atomic E-state index is 0.638. The van der Waals surface area contributed by atoms with Crippen LogP contribution in [0.15, 0.2) is 42.5 Å². The molecule has 0 aliphatic rings. The van der Waals surface area contributed by atoms with Crippen LogP contribution in [0.5, 0.6) is 5.75 Å². The van der Waals surface area contributed by atoms with Crippen LogP contribution >= 0.6 is 11.6 Å². The van der Waals surface area contributed by atoms with Crippen LogP contribution in [0.4, 0.5) is 5.69 Å². The number of halogens is 1. The molecule has 0 aliphatic carbocycles. The Hall–Kier alpha value is -2.11. The Balaban J connectivity index is 2.39. The van der Waals surface area contributed by atoms with E-state index in [1.54, 1.807) is 19.2 Å². The van der Waals surface area contributed by atoms with Crippen molar-refractivity contribution >= 4 is 17.3 Å². The van der Waals surface area contributed by atoms with Crippen LogP contribution in [0.2, 0.25) is 5.02 Å². The van der Waals surface area contributed by atoms with Crippen LogP contribution in [0.1, 0.15) is 11.1 Å². The van der Waals surface area contributed by atoms with E-state index in [0.717, 1.165) is 11.1 Å². The summed E-state index contributed by atoms with van der Waals surface area (Å²) >= 11 is 6.04. The summed E-state index contributed by atoms with van der Waals surface area (Å²) in [5.41, 5.74) is 7.91. The van der Waals surface area contributed by atoms with Gasteiger partial charge in [0, 0.05) is 17.3 Å². The quantitative estimate of drug-likeness (QED) is 0.628. The molecule has 0 atom stereocenters. The number of ether oxygens (including phenoxy) is 1. The second-order valence-corrected chi connectivity index (χ2v) is 4.10. The average Bonchev–Trinajstić information content (AvgIpc) is 2.39. The van der Waals surface area contributed by atoms with Crippen LogP contribution in [-0.2, 0) is 0 Å². The van der Waals surface area contributed by atoms with E-state index in [2.05, 4.69) is 11.8 Å². The molecule has 0 saturated heterocycles. The molecule has 2 rings (SSSR count). The lowest BCUT2D eigenvalue weighted by atomic mass is 10.1. The lowest BCUT2D eigenvalue weighted by molar-refractivity contribution is 0.414. The van der Waals surface area contributed by atoms with Gasteiger partial charge in [-0.05, 0) is 24.3 Å². The van der Waals surface area contributed by atoms with Gasteiger partial charge in [0.05, 0.1) is 17.7 Å². The standard InChI is InChI=1S/C15H12ClNO/c1-18-15-10-13(17)9-8-12(15)7-6-11-4-2-3-5-14(11)16/h2-5,8-10H,17H2,1H3. The average molecular weight is 258 g/mol. The number of benzene rings is 2. The van der Waals surface area contributed by atoms with Gasteiger partial charge in [0.25, 0.3) is 0 Å². The molecular weight excluding hydrogens is 246 g/mol. The van der Waals surface area contributed by atoms with Gasteiger partial charge < -0.3 is 10.5 Å². The van der Waals surface area contributed by atoms with Crippen molar-refractivity contribution in [3.63, 3.8) is 0 Å². The van der Waals surface area contributed by atoms with Gasteiger partial charge in [0.15, 0.2) is 0 Å². The molecule has 0 aromatic heterocycles. The number of methoxy groups -OCH3 is 1. The van der Waals surface area contributed by atoms with Crippen molar-refractivity contribution in [2.75, 3.05) is 12.8 Å². The Bertz CT molecular complexity index is 626. The highest BCUT2D eigenvalue weighted by Gasteiger charge is 2.00. The van der Waals surface area contributed by atoms with E-state index in [1.807, 2.05) is 30.3 Å². The second-order valence-electron chi connectivity index (χ2n) is 3.69. The van der Waals surface area contributed by atoms with Gasteiger partial charge in [-0.1, -0.05) is 35.6 Å². The molecular formula is C15H12ClNO. The number of rotatable bonds is 1. The summed E-state index contributed by atoms with van der Waals surface area (Å²) in [4.78, 5) is 0. The van der Waals surface area contributed by atoms with Crippen LogP contribution in [0.25, 0.3) is 0 Å². The fraction of sp³-hybridized carbons (Fsp3) is 0.0667. The lowest BCUT2D eigenvalue weighted by Crippen LogP contribution is -1.91. The Morgan fingerprint density at radius 2 is 1.78 bits per heavy atom. The minimum Gasteiger partial charge on any atom is -0.495 e. The maximum Gasteiger partial charge on any atom is 0.136 e. The first-order valence-electron chi connectivity index (χ1n) is 5.41. The molecule has 0 unspecified atom stereocenters. The maximum absolute atomic E-state index is 6.04. The molecule has 90 valence electrons. The third-order valence-electron chi connectivity index (χ3n) is 2.43. The molecule has 0 radical (unpaired) electrons. The molecule has 0 heterocycles. The van der Waals surface area contributed by atoms with Crippen molar-refractivity contribution in [2.24, 2.45) is 0 Å². The number of nitrogen functional groups attached to an aromatic ring is 1. The highest BCUT2D eigenvalue weighted by molar-refractivity contribution is 6.31. The number of nitrogens with two attached hydrogens (primary N) is 1. The fourth-order valence-corrected chi connectivity index (χ4v) is 1.69. The molecule has 2 aromatic carbocycles. The van der Waals surface area contributed by atoms with Crippen LogP contribution in [0.3, 0.4) is 0 Å². The van der Waals surface area contributed by atoms with Gasteiger partial charge in [0.2, 0.25) is 0 Å². The summed E-state index contributed by atoms with van der Waals surface area (Å²) in [6, 6.07) is 12.8. The van der Waals surface area contributed by atoms with E-state index in [1.165, 1.54) is 0 Å². The number of hydrogen-bond acceptors (Lipinski definition) is 2. The van der Waals surface area contributed by atoms with Gasteiger partial charge in [-0.15, -0.1) is 0 Å². The van der Waals surface area contributed by atoms with Gasteiger partial charge in [-0.3, -0.25) is 0 Å². The van der Waals surface area contributed by atoms with Crippen molar-refractivity contribution in [1.82, 2.24) is 0 Å². The summed E-state index contributed by atoms with van der Waals surface area (Å²) in [6.07, 6.45) is 0. The molecule has 2 aromatic rings. The molecule has 0 fully saturated rings. The summed E-state index contributed by atoms with van der Waals surface area (Å²) < 4.78 is 5.23. The van der Waals surface area contributed by atoms with E-state index in [0.29, 0.717) is 16.5 Å².